The average Bonchev–Trinajstić information content (AvgIpc) is 3.59. The quantitative estimate of drug-likeness (QED) is 0.857. The average molecular weight is 353 g/mol. The highest BCUT2D eigenvalue weighted by Gasteiger charge is 2.50. The molecule has 2 heterocycles. The maximum atomic E-state index is 5.60. The molecular weight excluding hydrogens is 326 g/mol. The van der Waals surface area contributed by atoms with E-state index in [1.54, 1.807) is 0 Å². The first-order valence-electron chi connectivity index (χ1n) is 9.80. The van der Waals surface area contributed by atoms with E-state index >= 15 is 0 Å². The van der Waals surface area contributed by atoms with Gasteiger partial charge in [0.15, 0.2) is 5.82 Å². The number of anilines is 1. The maximum absolute atomic E-state index is 5.60. The molecule has 3 fully saturated rings. The van der Waals surface area contributed by atoms with Crippen molar-refractivity contribution in [2.75, 3.05) is 44.7 Å². The van der Waals surface area contributed by atoms with Gasteiger partial charge >= 0.3 is 6.01 Å². The Balaban J connectivity index is 1.18. The Labute approximate surface area is 154 Å². The molecule has 0 spiro atoms. The smallest absolute Gasteiger partial charge is 0.322 e. The molecule has 1 N–H and O–H groups in total. The van der Waals surface area contributed by atoms with Crippen LogP contribution in [0.1, 0.15) is 36.6 Å². The molecule has 5 rings (SSSR count). The van der Waals surface area contributed by atoms with Gasteiger partial charge in [-0.25, -0.2) is 0 Å². The molecule has 1 aliphatic heterocycles. The number of likely N-dealkylation sites (N-methyl/N-ethyl adjacent to an activating group) is 1. The fourth-order valence-corrected chi connectivity index (χ4v) is 4.00. The van der Waals surface area contributed by atoms with Crippen LogP contribution in [0.3, 0.4) is 0 Å². The van der Waals surface area contributed by atoms with Crippen molar-refractivity contribution >= 4 is 6.01 Å². The van der Waals surface area contributed by atoms with Gasteiger partial charge < -0.3 is 19.6 Å². The van der Waals surface area contributed by atoms with Crippen LogP contribution in [0.25, 0.3) is 0 Å². The summed E-state index contributed by atoms with van der Waals surface area (Å²) in [6.07, 6.45) is 3.55. The molecule has 26 heavy (non-hydrogen) atoms. The lowest BCUT2D eigenvalue weighted by molar-refractivity contribution is 0.298. The Morgan fingerprint density at radius 2 is 1.92 bits per heavy atom. The molecule has 1 aromatic carbocycles. The molecule has 138 valence electrons. The Morgan fingerprint density at radius 1 is 1.15 bits per heavy atom. The Hall–Kier alpha value is -1.92. The van der Waals surface area contributed by atoms with Gasteiger partial charge in [0.05, 0.1) is 0 Å². The monoisotopic (exact) mass is 353 g/mol. The molecule has 2 saturated carbocycles. The van der Waals surface area contributed by atoms with Gasteiger partial charge in [-0.2, -0.15) is 4.98 Å². The van der Waals surface area contributed by atoms with Crippen LogP contribution >= 0.6 is 0 Å². The number of benzene rings is 1. The van der Waals surface area contributed by atoms with Crippen LogP contribution < -0.4 is 10.2 Å². The van der Waals surface area contributed by atoms with Crippen molar-refractivity contribution in [2.45, 2.75) is 36.6 Å². The summed E-state index contributed by atoms with van der Waals surface area (Å²) in [5.74, 6) is 1.56. The molecule has 3 aliphatic rings. The Bertz CT molecular complexity index is 749. The van der Waals surface area contributed by atoms with E-state index in [1.165, 1.54) is 12.0 Å². The summed E-state index contributed by atoms with van der Waals surface area (Å²) in [5, 5.41) is 8.10. The molecule has 0 unspecified atom stereocenters. The maximum Gasteiger partial charge on any atom is 0.324 e. The second-order valence-electron chi connectivity index (χ2n) is 8.21. The number of nitrogens with one attached hydrogen (secondary N) is 1. The van der Waals surface area contributed by atoms with E-state index in [0.29, 0.717) is 18.0 Å². The summed E-state index contributed by atoms with van der Waals surface area (Å²) >= 11 is 0. The molecule has 6 heteroatoms. The number of piperazine rings is 1. The molecule has 2 aromatic rings. The third-order valence-electron chi connectivity index (χ3n) is 6.24. The van der Waals surface area contributed by atoms with Gasteiger partial charge in [0, 0.05) is 50.1 Å². The highest BCUT2D eigenvalue weighted by molar-refractivity contribution is 5.31. The SMILES string of the molecule is CN1CCN(c2nc(C3(CN[C@@H]4C[C@H]4c4ccccc4)CC3)no2)CC1. The second-order valence-corrected chi connectivity index (χ2v) is 8.21. The highest BCUT2D eigenvalue weighted by Crippen LogP contribution is 2.48. The molecule has 1 aromatic heterocycles. The zero-order valence-electron chi connectivity index (χ0n) is 15.4. The van der Waals surface area contributed by atoms with Crippen molar-refractivity contribution in [3.05, 3.63) is 41.7 Å². The summed E-state index contributed by atoms with van der Waals surface area (Å²) in [4.78, 5) is 9.31. The minimum Gasteiger partial charge on any atom is -0.322 e. The van der Waals surface area contributed by atoms with Crippen LogP contribution in [0.15, 0.2) is 34.9 Å². The summed E-state index contributed by atoms with van der Waals surface area (Å²) in [6.45, 7) is 4.98. The predicted molar refractivity (Wildman–Crippen MR) is 101 cm³/mol. The standard InChI is InChI=1S/C20H27N5O/c1-24-9-11-25(12-10-24)19-22-18(23-26-19)20(7-8-20)14-21-17-13-16(17)15-5-3-2-4-6-15/h2-6,16-17,21H,7-14H2,1H3/t16-,17+/m0/s1. The number of hydrogen-bond donors (Lipinski definition) is 1. The largest absolute Gasteiger partial charge is 0.324 e. The van der Waals surface area contributed by atoms with Gasteiger partial charge in [0.1, 0.15) is 0 Å². The van der Waals surface area contributed by atoms with Crippen LogP contribution in [0.4, 0.5) is 6.01 Å². The van der Waals surface area contributed by atoms with Crippen molar-refractivity contribution in [3.8, 4) is 0 Å². The minimum atomic E-state index is 0.0954. The van der Waals surface area contributed by atoms with E-state index in [2.05, 4.69) is 57.7 Å². The summed E-state index contributed by atoms with van der Waals surface area (Å²) in [5.41, 5.74) is 1.55. The molecule has 1 saturated heterocycles. The summed E-state index contributed by atoms with van der Waals surface area (Å²) in [7, 11) is 2.15. The fraction of sp³-hybridized carbons (Fsp3) is 0.600. The van der Waals surface area contributed by atoms with Crippen LogP contribution in [-0.4, -0.2) is 60.9 Å². The first kappa shape index (κ1) is 16.3. The van der Waals surface area contributed by atoms with E-state index in [-0.39, 0.29) is 5.41 Å². The highest BCUT2D eigenvalue weighted by atomic mass is 16.5. The van der Waals surface area contributed by atoms with Crippen molar-refractivity contribution in [3.63, 3.8) is 0 Å². The zero-order valence-corrected chi connectivity index (χ0v) is 15.4. The van der Waals surface area contributed by atoms with Gasteiger partial charge in [-0.15, -0.1) is 0 Å². The molecule has 2 atom stereocenters. The van der Waals surface area contributed by atoms with Gasteiger partial charge in [-0.3, -0.25) is 0 Å². The van der Waals surface area contributed by atoms with Gasteiger partial charge in [-0.1, -0.05) is 35.5 Å². The lowest BCUT2D eigenvalue weighted by Crippen LogP contribution is -2.44. The minimum absolute atomic E-state index is 0.0954. The number of hydrogen-bond acceptors (Lipinski definition) is 6. The number of rotatable bonds is 6. The van der Waals surface area contributed by atoms with Crippen molar-refractivity contribution in [1.29, 1.82) is 0 Å². The van der Waals surface area contributed by atoms with Crippen molar-refractivity contribution in [1.82, 2.24) is 20.4 Å². The molecule has 0 radical (unpaired) electrons. The van der Waals surface area contributed by atoms with Gasteiger partial charge in [-0.05, 0) is 31.9 Å². The molecule has 6 nitrogen and oxygen atoms in total. The van der Waals surface area contributed by atoms with Crippen LogP contribution in [-0.2, 0) is 5.41 Å². The van der Waals surface area contributed by atoms with E-state index in [0.717, 1.165) is 51.4 Å². The van der Waals surface area contributed by atoms with Gasteiger partial charge in [0.2, 0.25) is 0 Å². The Morgan fingerprint density at radius 3 is 2.65 bits per heavy atom. The molecular formula is C20H27N5O. The van der Waals surface area contributed by atoms with Crippen LogP contribution in [0.5, 0.6) is 0 Å². The first-order valence-corrected chi connectivity index (χ1v) is 9.80. The fourth-order valence-electron chi connectivity index (χ4n) is 4.00. The third kappa shape index (κ3) is 3.12. The van der Waals surface area contributed by atoms with Gasteiger partial charge in [0.25, 0.3) is 0 Å². The zero-order chi connectivity index (χ0) is 17.6. The lowest BCUT2D eigenvalue weighted by Gasteiger charge is -2.30. The lowest BCUT2D eigenvalue weighted by atomic mass is 10.1. The van der Waals surface area contributed by atoms with E-state index < -0.39 is 0 Å². The van der Waals surface area contributed by atoms with E-state index in [9.17, 15) is 0 Å². The third-order valence-corrected chi connectivity index (χ3v) is 6.24. The topological polar surface area (TPSA) is 57.4 Å². The summed E-state index contributed by atoms with van der Waals surface area (Å²) < 4.78 is 5.60. The predicted octanol–water partition coefficient (Wildman–Crippen LogP) is 2.00. The molecule has 2 aliphatic carbocycles. The normalized spacial score (nSPS) is 27.5. The van der Waals surface area contributed by atoms with Crippen molar-refractivity contribution in [2.24, 2.45) is 0 Å². The second kappa shape index (κ2) is 6.35. The number of nitrogens with zero attached hydrogens (tertiary/aromatic N) is 4. The molecule has 0 bridgehead atoms. The first-order chi connectivity index (χ1) is 12.7. The Kier molecular flexibility index (Phi) is 3.98. The van der Waals surface area contributed by atoms with Crippen molar-refractivity contribution < 1.29 is 4.52 Å². The molecule has 0 amide bonds. The summed E-state index contributed by atoms with van der Waals surface area (Å²) in [6, 6.07) is 12.1. The van der Waals surface area contributed by atoms with E-state index in [4.69, 9.17) is 9.51 Å². The van der Waals surface area contributed by atoms with Crippen LogP contribution in [0.2, 0.25) is 0 Å². The van der Waals surface area contributed by atoms with Crippen LogP contribution in [0, 0.1) is 0 Å². The van der Waals surface area contributed by atoms with E-state index in [1.807, 2.05) is 0 Å². The number of aromatic nitrogens is 2.